The normalized spacial score (nSPS) is 17.4. The number of halogens is 1. The Hall–Kier alpha value is -1.78. The van der Waals surface area contributed by atoms with Gasteiger partial charge in [0, 0.05) is 0 Å². The van der Waals surface area contributed by atoms with Crippen molar-refractivity contribution < 1.29 is 14.3 Å². The van der Waals surface area contributed by atoms with Crippen LogP contribution in [0.3, 0.4) is 0 Å². The molecule has 1 aromatic carbocycles. The summed E-state index contributed by atoms with van der Waals surface area (Å²) in [5.74, 6) is -0.473. The van der Waals surface area contributed by atoms with Gasteiger partial charge >= 0.3 is 0 Å². The van der Waals surface area contributed by atoms with Crippen molar-refractivity contribution in [2.45, 2.75) is 31.8 Å². The second-order valence-corrected chi connectivity index (χ2v) is 4.12. The number of benzene rings is 1. The highest BCUT2D eigenvalue weighted by molar-refractivity contribution is 5.99. The number of hydrogen-bond acceptors (Lipinski definition) is 3. The van der Waals surface area contributed by atoms with Crippen LogP contribution in [-0.2, 0) is 0 Å². The first-order valence-corrected chi connectivity index (χ1v) is 5.65. The SMILES string of the molecule is NC(=NO)c1c(F)cccc1OC1CCCC1. The highest BCUT2D eigenvalue weighted by Gasteiger charge is 2.20. The van der Waals surface area contributed by atoms with Crippen molar-refractivity contribution in [1.82, 2.24) is 0 Å². The Balaban J connectivity index is 2.29. The molecule has 1 aromatic rings. The van der Waals surface area contributed by atoms with Crippen LogP contribution in [0, 0.1) is 5.82 Å². The molecule has 1 aliphatic rings. The van der Waals surface area contributed by atoms with E-state index >= 15 is 0 Å². The number of rotatable bonds is 3. The molecule has 17 heavy (non-hydrogen) atoms. The standard InChI is InChI=1S/C12H15FN2O2/c13-9-6-3-7-10(11(9)12(14)15-16)17-8-4-1-2-5-8/h3,6-8,16H,1-2,4-5H2,(H2,14,15). The lowest BCUT2D eigenvalue weighted by Gasteiger charge is -2.16. The summed E-state index contributed by atoms with van der Waals surface area (Å²) in [5.41, 5.74) is 5.48. The zero-order valence-electron chi connectivity index (χ0n) is 9.40. The minimum absolute atomic E-state index is 0.0295. The first-order chi connectivity index (χ1) is 8.22. The number of nitrogens with zero attached hydrogens (tertiary/aromatic N) is 1. The van der Waals surface area contributed by atoms with Crippen LogP contribution in [0.5, 0.6) is 5.75 Å². The van der Waals surface area contributed by atoms with Crippen molar-refractivity contribution in [2.75, 3.05) is 0 Å². The van der Waals surface area contributed by atoms with E-state index in [-0.39, 0.29) is 17.5 Å². The molecule has 0 unspecified atom stereocenters. The van der Waals surface area contributed by atoms with Gasteiger partial charge in [0.1, 0.15) is 11.6 Å². The number of oxime groups is 1. The maximum atomic E-state index is 13.6. The van der Waals surface area contributed by atoms with Crippen LogP contribution in [0.2, 0.25) is 0 Å². The minimum atomic E-state index is -0.546. The van der Waals surface area contributed by atoms with Gasteiger partial charge in [0.2, 0.25) is 0 Å². The molecule has 0 amide bonds. The summed E-state index contributed by atoms with van der Waals surface area (Å²) in [6, 6.07) is 4.44. The highest BCUT2D eigenvalue weighted by Crippen LogP contribution is 2.27. The Morgan fingerprint density at radius 1 is 1.41 bits per heavy atom. The third-order valence-corrected chi connectivity index (χ3v) is 2.94. The summed E-state index contributed by atoms with van der Waals surface area (Å²) in [6.45, 7) is 0. The first-order valence-electron chi connectivity index (χ1n) is 5.65. The van der Waals surface area contributed by atoms with Gasteiger partial charge in [-0.15, -0.1) is 0 Å². The first kappa shape index (κ1) is 11.7. The van der Waals surface area contributed by atoms with E-state index < -0.39 is 5.82 Å². The molecule has 0 saturated heterocycles. The Bertz CT molecular complexity index is 429. The van der Waals surface area contributed by atoms with Crippen molar-refractivity contribution in [3.8, 4) is 5.75 Å². The van der Waals surface area contributed by atoms with Gasteiger partial charge in [-0.3, -0.25) is 0 Å². The average Bonchev–Trinajstić information content (AvgIpc) is 2.81. The largest absolute Gasteiger partial charge is 0.490 e. The van der Waals surface area contributed by atoms with Crippen LogP contribution in [0.25, 0.3) is 0 Å². The van der Waals surface area contributed by atoms with Gasteiger partial charge in [0.15, 0.2) is 5.84 Å². The molecular formula is C12H15FN2O2. The van der Waals surface area contributed by atoms with E-state index in [1.54, 1.807) is 12.1 Å². The highest BCUT2D eigenvalue weighted by atomic mass is 19.1. The van der Waals surface area contributed by atoms with Gasteiger partial charge < -0.3 is 15.7 Å². The van der Waals surface area contributed by atoms with Crippen LogP contribution in [-0.4, -0.2) is 17.1 Å². The van der Waals surface area contributed by atoms with Gasteiger partial charge in [-0.25, -0.2) is 4.39 Å². The quantitative estimate of drug-likeness (QED) is 0.367. The number of hydrogen-bond donors (Lipinski definition) is 2. The smallest absolute Gasteiger partial charge is 0.176 e. The van der Waals surface area contributed by atoms with Crippen molar-refractivity contribution >= 4 is 5.84 Å². The summed E-state index contributed by atoms with van der Waals surface area (Å²) < 4.78 is 19.3. The molecule has 1 fully saturated rings. The van der Waals surface area contributed by atoms with Gasteiger partial charge in [0.05, 0.1) is 11.7 Å². The fourth-order valence-electron chi connectivity index (χ4n) is 2.09. The molecular weight excluding hydrogens is 223 g/mol. The molecule has 0 radical (unpaired) electrons. The maximum absolute atomic E-state index is 13.6. The van der Waals surface area contributed by atoms with Crippen LogP contribution >= 0.6 is 0 Å². The maximum Gasteiger partial charge on any atom is 0.176 e. The minimum Gasteiger partial charge on any atom is -0.490 e. The zero-order valence-corrected chi connectivity index (χ0v) is 9.40. The second-order valence-electron chi connectivity index (χ2n) is 4.12. The lowest BCUT2D eigenvalue weighted by atomic mass is 10.1. The summed E-state index contributed by atoms with van der Waals surface area (Å²) >= 11 is 0. The van der Waals surface area contributed by atoms with Gasteiger partial charge in [-0.2, -0.15) is 0 Å². The molecule has 1 saturated carbocycles. The molecule has 0 heterocycles. The van der Waals surface area contributed by atoms with Crippen molar-refractivity contribution in [2.24, 2.45) is 10.9 Å². The molecule has 92 valence electrons. The lowest BCUT2D eigenvalue weighted by molar-refractivity contribution is 0.208. The van der Waals surface area contributed by atoms with E-state index in [0.29, 0.717) is 5.75 Å². The van der Waals surface area contributed by atoms with E-state index in [0.717, 1.165) is 25.7 Å². The number of ether oxygens (including phenoxy) is 1. The summed E-state index contributed by atoms with van der Waals surface area (Å²) in [6.07, 6.45) is 4.28. The fraction of sp³-hybridized carbons (Fsp3) is 0.417. The summed E-state index contributed by atoms with van der Waals surface area (Å²) in [7, 11) is 0. The van der Waals surface area contributed by atoms with Crippen molar-refractivity contribution in [1.29, 1.82) is 0 Å². The number of nitrogens with two attached hydrogens (primary N) is 1. The van der Waals surface area contributed by atoms with E-state index in [1.165, 1.54) is 6.07 Å². The van der Waals surface area contributed by atoms with Gasteiger partial charge in [-0.1, -0.05) is 11.2 Å². The van der Waals surface area contributed by atoms with Gasteiger partial charge in [-0.05, 0) is 37.8 Å². The van der Waals surface area contributed by atoms with Crippen LogP contribution in [0.15, 0.2) is 23.4 Å². The predicted molar refractivity (Wildman–Crippen MR) is 61.8 cm³/mol. The zero-order chi connectivity index (χ0) is 12.3. The molecule has 0 atom stereocenters. The Labute approximate surface area is 98.9 Å². The lowest BCUT2D eigenvalue weighted by Crippen LogP contribution is -2.19. The Morgan fingerprint density at radius 3 is 2.76 bits per heavy atom. The third kappa shape index (κ3) is 2.49. The monoisotopic (exact) mass is 238 g/mol. The van der Waals surface area contributed by atoms with Crippen LogP contribution in [0.4, 0.5) is 4.39 Å². The summed E-state index contributed by atoms with van der Waals surface area (Å²) in [5, 5.41) is 11.5. The Morgan fingerprint density at radius 2 is 2.12 bits per heavy atom. The Kier molecular flexibility index (Phi) is 3.46. The fourth-order valence-corrected chi connectivity index (χ4v) is 2.09. The molecule has 4 nitrogen and oxygen atoms in total. The molecule has 3 N–H and O–H groups in total. The molecule has 0 spiro atoms. The third-order valence-electron chi connectivity index (χ3n) is 2.94. The molecule has 5 heteroatoms. The number of amidine groups is 1. The van der Waals surface area contributed by atoms with E-state index in [9.17, 15) is 4.39 Å². The molecule has 1 aliphatic carbocycles. The van der Waals surface area contributed by atoms with Crippen molar-refractivity contribution in [3.05, 3.63) is 29.6 Å². The van der Waals surface area contributed by atoms with Crippen LogP contribution < -0.4 is 10.5 Å². The second kappa shape index (κ2) is 5.03. The summed E-state index contributed by atoms with van der Waals surface area (Å²) in [4.78, 5) is 0. The van der Waals surface area contributed by atoms with Crippen molar-refractivity contribution in [3.63, 3.8) is 0 Å². The molecule has 2 rings (SSSR count). The van der Waals surface area contributed by atoms with E-state index in [4.69, 9.17) is 15.7 Å². The molecule has 0 aliphatic heterocycles. The van der Waals surface area contributed by atoms with E-state index in [1.807, 2.05) is 0 Å². The molecule has 0 bridgehead atoms. The van der Waals surface area contributed by atoms with Gasteiger partial charge in [0.25, 0.3) is 0 Å². The van der Waals surface area contributed by atoms with Crippen LogP contribution in [0.1, 0.15) is 31.2 Å². The average molecular weight is 238 g/mol. The predicted octanol–water partition coefficient (Wildman–Crippen LogP) is 2.24. The van der Waals surface area contributed by atoms with E-state index in [2.05, 4.69) is 5.16 Å². The molecule has 0 aromatic heterocycles. The topological polar surface area (TPSA) is 67.8 Å².